The van der Waals surface area contributed by atoms with E-state index in [4.69, 9.17) is 9.47 Å². The topological polar surface area (TPSA) is 51.7 Å². The highest BCUT2D eigenvalue weighted by Gasteiger charge is 2.24. The van der Waals surface area contributed by atoms with E-state index in [0.29, 0.717) is 13.1 Å². The number of para-hydroxylation sites is 1. The van der Waals surface area contributed by atoms with Crippen molar-refractivity contribution in [3.63, 3.8) is 0 Å². The maximum atomic E-state index is 12.2. The lowest BCUT2D eigenvalue weighted by Gasteiger charge is -2.32. The Morgan fingerprint density at radius 1 is 1.12 bits per heavy atom. The Labute approximate surface area is 142 Å². The lowest BCUT2D eigenvalue weighted by molar-refractivity contribution is -0.135. The first-order valence-electron chi connectivity index (χ1n) is 8.25. The molecule has 5 nitrogen and oxygen atoms in total. The molecule has 1 aromatic heterocycles. The van der Waals surface area contributed by atoms with E-state index in [1.807, 2.05) is 54.3 Å². The molecule has 0 bridgehead atoms. The van der Waals surface area contributed by atoms with E-state index in [1.165, 1.54) is 0 Å². The highest BCUT2D eigenvalue weighted by molar-refractivity contribution is 5.77. The summed E-state index contributed by atoms with van der Waals surface area (Å²) >= 11 is 0. The SMILES string of the molecule is Cc1ccc(OC2CCN(C(=O)COc3ccccc3)CC2)cn1. The van der Waals surface area contributed by atoms with Gasteiger partial charge >= 0.3 is 0 Å². The van der Waals surface area contributed by atoms with Gasteiger partial charge in [0.2, 0.25) is 0 Å². The van der Waals surface area contributed by atoms with E-state index < -0.39 is 0 Å². The summed E-state index contributed by atoms with van der Waals surface area (Å²) in [6, 6.07) is 13.3. The maximum Gasteiger partial charge on any atom is 0.260 e. The van der Waals surface area contributed by atoms with Gasteiger partial charge in [-0.2, -0.15) is 0 Å². The summed E-state index contributed by atoms with van der Waals surface area (Å²) in [5.74, 6) is 1.53. The molecule has 0 unspecified atom stereocenters. The Morgan fingerprint density at radius 2 is 1.88 bits per heavy atom. The minimum absolute atomic E-state index is 0.0225. The summed E-state index contributed by atoms with van der Waals surface area (Å²) in [4.78, 5) is 18.3. The third-order valence-corrected chi connectivity index (χ3v) is 4.09. The van der Waals surface area contributed by atoms with Gasteiger partial charge in [-0.15, -0.1) is 0 Å². The number of hydrogen-bond donors (Lipinski definition) is 0. The van der Waals surface area contributed by atoms with E-state index in [1.54, 1.807) is 6.20 Å². The van der Waals surface area contributed by atoms with Gasteiger partial charge in [0.1, 0.15) is 17.6 Å². The molecule has 0 N–H and O–H groups in total. The van der Waals surface area contributed by atoms with Gasteiger partial charge in [-0.3, -0.25) is 9.78 Å². The molecule has 1 aliphatic heterocycles. The predicted octanol–water partition coefficient (Wildman–Crippen LogP) is 2.84. The predicted molar refractivity (Wildman–Crippen MR) is 91.1 cm³/mol. The Morgan fingerprint density at radius 3 is 2.54 bits per heavy atom. The quantitative estimate of drug-likeness (QED) is 0.848. The highest BCUT2D eigenvalue weighted by Crippen LogP contribution is 2.19. The number of hydrogen-bond acceptors (Lipinski definition) is 4. The second kappa shape index (κ2) is 7.81. The molecule has 3 rings (SSSR count). The largest absolute Gasteiger partial charge is 0.489 e. The molecule has 2 aromatic rings. The first kappa shape index (κ1) is 16.3. The first-order chi connectivity index (χ1) is 11.7. The van der Waals surface area contributed by atoms with E-state index in [0.717, 1.165) is 30.0 Å². The minimum Gasteiger partial charge on any atom is -0.489 e. The van der Waals surface area contributed by atoms with Crippen molar-refractivity contribution in [2.45, 2.75) is 25.9 Å². The summed E-state index contributed by atoms with van der Waals surface area (Å²) < 4.78 is 11.5. The molecule has 1 amide bonds. The number of nitrogens with zero attached hydrogens (tertiary/aromatic N) is 2. The Hall–Kier alpha value is -2.56. The van der Waals surface area contributed by atoms with Crippen LogP contribution in [0.2, 0.25) is 0 Å². The number of likely N-dealkylation sites (tertiary alicyclic amines) is 1. The molecule has 0 radical (unpaired) electrons. The normalized spacial score (nSPS) is 15.1. The molecule has 0 spiro atoms. The fraction of sp³-hybridized carbons (Fsp3) is 0.368. The van der Waals surface area contributed by atoms with Crippen LogP contribution in [0, 0.1) is 6.92 Å². The second-order valence-electron chi connectivity index (χ2n) is 5.94. The molecule has 5 heteroatoms. The van der Waals surface area contributed by atoms with Crippen LogP contribution in [0.25, 0.3) is 0 Å². The summed E-state index contributed by atoms with van der Waals surface area (Å²) in [7, 11) is 0. The van der Waals surface area contributed by atoms with Crippen LogP contribution in [-0.2, 0) is 4.79 Å². The van der Waals surface area contributed by atoms with E-state index in [2.05, 4.69) is 4.98 Å². The third kappa shape index (κ3) is 4.47. The first-order valence-corrected chi connectivity index (χ1v) is 8.25. The Kier molecular flexibility index (Phi) is 5.31. The smallest absolute Gasteiger partial charge is 0.260 e. The van der Waals surface area contributed by atoms with Crippen molar-refractivity contribution in [3.05, 3.63) is 54.4 Å². The average molecular weight is 326 g/mol. The fourth-order valence-corrected chi connectivity index (χ4v) is 2.69. The van der Waals surface area contributed by atoms with Crippen molar-refractivity contribution < 1.29 is 14.3 Å². The lowest BCUT2D eigenvalue weighted by Crippen LogP contribution is -2.43. The van der Waals surface area contributed by atoms with E-state index >= 15 is 0 Å². The van der Waals surface area contributed by atoms with E-state index in [9.17, 15) is 4.79 Å². The summed E-state index contributed by atoms with van der Waals surface area (Å²) in [5.41, 5.74) is 0.973. The minimum atomic E-state index is 0.0225. The van der Waals surface area contributed by atoms with Gasteiger partial charge in [-0.25, -0.2) is 0 Å². The number of piperidine rings is 1. The number of carbonyl (C=O) groups is 1. The lowest BCUT2D eigenvalue weighted by atomic mass is 10.1. The highest BCUT2D eigenvalue weighted by atomic mass is 16.5. The second-order valence-corrected chi connectivity index (χ2v) is 5.94. The fourth-order valence-electron chi connectivity index (χ4n) is 2.69. The zero-order valence-electron chi connectivity index (χ0n) is 13.9. The number of carbonyl (C=O) groups excluding carboxylic acids is 1. The van der Waals surface area contributed by atoms with Gasteiger partial charge in [0, 0.05) is 31.6 Å². The summed E-state index contributed by atoms with van der Waals surface area (Å²) in [6.07, 6.45) is 3.53. The van der Waals surface area contributed by atoms with Gasteiger partial charge in [0.15, 0.2) is 6.61 Å². The van der Waals surface area contributed by atoms with Crippen LogP contribution in [0.4, 0.5) is 0 Å². The van der Waals surface area contributed by atoms with Crippen molar-refractivity contribution in [2.24, 2.45) is 0 Å². The van der Waals surface area contributed by atoms with Crippen molar-refractivity contribution in [1.82, 2.24) is 9.88 Å². The van der Waals surface area contributed by atoms with Crippen molar-refractivity contribution in [2.75, 3.05) is 19.7 Å². The number of aromatic nitrogens is 1. The zero-order valence-corrected chi connectivity index (χ0v) is 13.9. The molecule has 0 aliphatic carbocycles. The van der Waals surface area contributed by atoms with Gasteiger partial charge < -0.3 is 14.4 Å². The number of ether oxygens (including phenoxy) is 2. The van der Waals surface area contributed by atoms with E-state index in [-0.39, 0.29) is 18.6 Å². The van der Waals surface area contributed by atoms with Crippen LogP contribution in [0.3, 0.4) is 0 Å². The van der Waals surface area contributed by atoms with Crippen LogP contribution in [0.15, 0.2) is 48.7 Å². The van der Waals surface area contributed by atoms with Crippen LogP contribution in [0.1, 0.15) is 18.5 Å². The van der Waals surface area contributed by atoms with Crippen LogP contribution < -0.4 is 9.47 Å². The average Bonchev–Trinajstić information content (AvgIpc) is 2.63. The summed E-state index contributed by atoms with van der Waals surface area (Å²) in [5, 5.41) is 0. The number of benzene rings is 1. The molecule has 0 saturated carbocycles. The van der Waals surface area contributed by atoms with Crippen molar-refractivity contribution in [1.29, 1.82) is 0 Å². The molecule has 1 aliphatic rings. The molecular formula is C19H22N2O3. The van der Waals surface area contributed by atoms with Gasteiger partial charge in [-0.1, -0.05) is 18.2 Å². The molecule has 0 atom stereocenters. The zero-order chi connectivity index (χ0) is 16.8. The monoisotopic (exact) mass is 326 g/mol. The van der Waals surface area contributed by atoms with Crippen molar-refractivity contribution >= 4 is 5.91 Å². The Balaban J connectivity index is 1.42. The summed E-state index contributed by atoms with van der Waals surface area (Å²) in [6.45, 7) is 3.42. The van der Waals surface area contributed by atoms with Gasteiger partial charge in [0.25, 0.3) is 5.91 Å². The van der Waals surface area contributed by atoms with Gasteiger partial charge in [0.05, 0.1) is 6.20 Å². The number of rotatable bonds is 5. The molecule has 1 aromatic carbocycles. The van der Waals surface area contributed by atoms with Crippen LogP contribution in [0.5, 0.6) is 11.5 Å². The van der Waals surface area contributed by atoms with Gasteiger partial charge in [-0.05, 0) is 31.2 Å². The molecule has 24 heavy (non-hydrogen) atoms. The maximum absolute atomic E-state index is 12.2. The number of amides is 1. The van der Waals surface area contributed by atoms with Crippen LogP contribution in [-0.4, -0.2) is 41.6 Å². The Bertz CT molecular complexity index is 650. The molecule has 126 valence electrons. The standard InChI is InChI=1S/C19H22N2O3/c1-15-7-8-18(13-20-15)24-17-9-11-21(12-10-17)19(22)14-23-16-5-3-2-4-6-16/h2-8,13,17H,9-12,14H2,1H3. The van der Waals surface area contributed by atoms with Crippen LogP contribution >= 0.6 is 0 Å². The van der Waals surface area contributed by atoms with Crippen molar-refractivity contribution in [3.8, 4) is 11.5 Å². The number of aryl methyl sites for hydroxylation is 1. The molecular weight excluding hydrogens is 304 g/mol. The molecule has 1 fully saturated rings. The molecule has 1 saturated heterocycles. The third-order valence-electron chi connectivity index (χ3n) is 4.09. The molecule has 2 heterocycles. The number of pyridine rings is 1.